The van der Waals surface area contributed by atoms with Gasteiger partial charge in [0, 0.05) is 18.7 Å². The maximum Gasteiger partial charge on any atom is 0.355 e. The van der Waals surface area contributed by atoms with Crippen molar-refractivity contribution in [2.45, 2.75) is 26.9 Å². The molecule has 0 bridgehead atoms. The van der Waals surface area contributed by atoms with Crippen LogP contribution in [0.5, 0.6) is 0 Å². The quantitative estimate of drug-likeness (QED) is 0.831. The molecule has 0 saturated carbocycles. The van der Waals surface area contributed by atoms with E-state index >= 15 is 0 Å². The first kappa shape index (κ1) is 15.5. The highest BCUT2D eigenvalue weighted by Crippen LogP contribution is 1.97. The highest BCUT2D eigenvalue weighted by molar-refractivity contribution is 5.99. The van der Waals surface area contributed by atoms with Crippen molar-refractivity contribution >= 4 is 5.91 Å². The van der Waals surface area contributed by atoms with Crippen LogP contribution in [-0.2, 0) is 13.1 Å². The maximum absolute atomic E-state index is 12.2. The van der Waals surface area contributed by atoms with E-state index in [1.165, 1.54) is 0 Å². The average Bonchev–Trinajstić information content (AvgIpc) is 2.53. The van der Waals surface area contributed by atoms with E-state index in [1.807, 2.05) is 0 Å². The van der Waals surface area contributed by atoms with E-state index < -0.39 is 23.0 Å². The summed E-state index contributed by atoms with van der Waals surface area (Å²) in [6, 6.07) is 8.16. The van der Waals surface area contributed by atoms with Crippen LogP contribution in [0.25, 0.3) is 0 Å². The van der Waals surface area contributed by atoms with E-state index in [1.54, 1.807) is 44.2 Å². The Hall–Kier alpha value is -2.90. The van der Waals surface area contributed by atoms with Crippen LogP contribution in [0.15, 0.2) is 44.7 Å². The average molecular weight is 304 g/mol. The number of aromatic nitrogens is 3. The summed E-state index contributed by atoms with van der Waals surface area (Å²) in [6.07, 6.45) is 0. The maximum atomic E-state index is 12.2. The second kappa shape index (κ2) is 6.25. The molecule has 2 rings (SSSR count). The van der Waals surface area contributed by atoms with Crippen LogP contribution in [0.2, 0.25) is 0 Å². The van der Waals surface area contributed by atoms with Gasteiger partial charge in [0.25, 0.3) is 5.91 Å². The minimum Gasteiger partial charge on any atom is -0.267 e. The number of nitrogens with zero attached hydrogens (tertiary/aromatic N) is 3. The highest BCUT2D eigenvalue weighted by atomic mass is 16.2. The first-order chi connectivity index (χ1) is 10.5. The lowest BCUT2D eigenvalue weighted by Crippen LogP contribution is -2.57. The van der Waals surface area contributed by atoms with Crippen molar-refractivity contribution in [3.63, 3.8) is 0 Å². The van der Waals surface area contributed by atoms with Crippen LogP contribution >= 0.6 is 0 Å². The summed E-state index contributed by atoms with van der Waals surface area (Å²) in [5.74, 6) is -0.608. The molecule has 0 saturated heterocycles. The van der Waals surface area contributed by atoms with E-state index in [9.17, 15) is 19.2 Å². The molecule has 8 nitrogen and oxygen atoms in total. The number of hydrogen-bond acceptors (Lipinski definition) is 4. The Morgan fingerprint density at radius 1 is 0.909 bits per heavy atom. The number of rotatable bonds is 4. The van der Waals surface area contributed by atoms with Crippen LogP contribution in [-0.4, -0.2) is 19.7 Å². The summed E-state index contributed by atoms with van der Waals surface area (Å²) >= 11 is 0. The van der Waals surface area contributed by atoms with Gasteiger partial charge in [-0.15, -0.1) is 4.68 Å². The van der Waals surface area contributed by atoms with Crippen molar-refractivity contribution in [1.82, 2.24) is 13.8 Å². The molecule has 1 N–H and O–H groups in total. The molecular formula is C14H16N4O4. The van der Waals surface area contributed by atoms with Gasteiger partial charge in [0.05, 0.1) is 0 Å². The molecule has 1 amide bonds. The number of benzene rings is 1. The molecule has 1 heterocycles. The Labute approximate surface area is 125 Å². The second-order valence-electron chi connectivity index (χ2n) is 4.48. The van der Waals surface area contributed by atoms with Crippen molar-refractivity contribution in [2.24, 2.45) is 0 Å². The lowest BCUT2D eigenvalue weighted by molar-refractivity contribution is 0.100. The smallest absolute Gasteiger partial charge is 0.267 e. The zero-order valence-corrected chi connectivity index (χ0v) is 12.3. The molecule has 1 aromatic carbocycles. The number of hydrogen-bond donors (Lipinski definition) is 1. The largest absolute Gasteiger partial charge is 0.355 e. The molecule has 0 aliphatic carbocycles. The van der Waals surface area contributed by atoms with Gasteiger partial charge in [0.1, 0.15) is 0 Å². The molecule has 0 aliphatic heterocycles. The summed E-state index contributed by atoms with van der Waals surface area (Å²) in [4.78, 5) is 48.4. The lowest BCUT2D eigenvalue weighted by Gasteiger charge is -2.12. The van der Waals surface area contributed by atoms with Gasteiger partial charge in [-0.2, -0.15) is 0 Å². The van der Waals surface area contributed by atoms with E-state index in [-0.39, 0.29) is 13.1 Å². The summed E-state index contributed by atoms with van der Waals surface area (Å²) in [5, 5.41) is 0. The molecule has 0 radical (unpaired) electrons. The number of nitrogens with one attached hydrogen (secondary N) is 1. The van der Waals surface area contributed by atoms with Crippen LogP contribution in [0, 0.1) is 0 Å². The fourth-order valence-corrected chi connectivity index (χ4v) is 2.02. The van der Waals surface area contributed by atoms with E-state index in [4.69, 9.17) is 0 Å². The number of carbonyl (C=O) groups is 1. The molecule has 8 heteroatoms. The van der Waals surface area contributed by atoms with Gasteiger partial charge in [0.15, 0.2) is 0 Å². The molecule has 0 unspecified atom stereocenters. The van der Waals surface area contributed by atoms with Gasteiger partial charge >= 0.3 is 17.1 Å². The summed E-state index contributed by atoms with van der Waals surface area (Å²) in [5.41, 5.74) is 0.113. The third kappa shape index (κ3) is 2.62. The lowest BCUT2D eigenvalue weighted by atomic mass is 10.2. The van der Waals surface area contributed by atoms with Gasteiger partial charge in [0.2, 0.25) is 0 Å². The Morgan fingerprint density at radius 3 is 1.86 bits per heavy atom. The normalized spacial score (nSPS) is 10.5. The predicted molar refractivity (Wildman–Crippen MR) is 80.7 cm³/mol. The molecule has 1 aromatic heterocycles. The third-order valence-corrected chi connectivity index (χ3v) is 3.19. The monoisotopic (exact) mass is 304 g/mol. The summed E-state index contributed by atoms with van der Waals surface area (Å²) in [6.45, 7) is 3.41. The van der Waals surface area contributed by atoms with Crippen LogP contribution in [0.4, 0.5) is 0 Å². The minimum atomic E-state index is -0.869. The van der Waals surface area contributed by atoms with Gasteiger partial charge in [-0.3, -0.25) is 10.2 Å². The van der Waals surface area contributed by atoms with E-state index in [2.05, 4.69) is 5.43 Å². The van der Waals surface area contributed by atoms with Crippen LogP contribution in [0.1, 0.15) is 24.2 Å². The molecule has 0 spiro atoms. The van der Waals surface area contributed by atoms with E-state index in [0.29, 0.717) is 10.2 Å². The fraction of sp³-hybridized carbons (Fsp3) is 0.286. The standard InChI is InChI=1S/C14H16N4O4/c1-3-16-12(20)17(4-2)14(22)18(13(16)21)15-11(19)10-8-6-5-7-9-10/h5-9H,3-4H2,1-2H3,(H,15,19). The summed E-state index contributed by atoms with van der Waals surface area (Å²) < 4.78 is 2.33. The fourth-order valence-electron chi connectivity index (χ4n) is 2.02. The van der Waals surface area contributed by atoms with Gasteiger partial charge < -0.3 is 0 Å². The van der Waals surface area contributed by atoms with Gasteiger partial charge in [-0.05, 0) is 26.0 Å². The Bertz CT molecular complexity index is 819. The van der Waals surface area contributed by atoms with E-state index in [0.717, 1.165) is 9.13 Å². The molecule has 2 aromatic rings. The van der Waals surface area contributed by atoms with Gasteiger partial charge in [-0.25, -0.2) is 23.5 Å². The zero-order valence-electron chi connectivity index (χ0n) is 12.3. The first-order valence-electron chi connectivity index (χ1n) is 6.84. The Balaban J connectivity index is 2.57. The molecule has 0 atom stereocenters. The molecular weight excluding hydrogens is 288 g/mol. The Kier molecular flexibility index (Phi) is 4.40. The minimum absolute atomic E-state index is 0.0964. The van der Waals surface area contributed by atoms with Crippen LogP contribution < -0.4 is 22.5 Å². The van der Waals surface area contributed by atoms with Crippen molar-refractivity contribution in [1.29, 1.82) is 0 Å². The van der Waals surface area contributed by atoms with Crippen molar-refractivity contribution in [3.05, 3.63) is 67.3 Å². The zero-order chi connectivity index (χ0) is 16.3. The molecule has 0 fully saturated rings. The molecule has 116 valence electrons. The number of carbonyl (C=O) groups excluding carboxylic acids is 1. The first-order valence-corrected chi connectivity index (χ1v) is 6.84. The predicted octanol–water partition coefficient (Wildman–Crippen LogP) is -0.405. The van der Waals surface area contributed by atoms with Crippen LogP contribution in [0.3, 0.4) is 0 Å². The topological polar surface area (TPSA) is 95.1 Å². The van der Waals surface area contributed by atoms with Crippen molar-refractivity contribution in [2.75, 3.05) is 5.43 Å². The Morgan fingerprint density at radius 2 is 1.41 bits per heavy atom. The number of amides is 1. The molecule has 22 heavy (non-hydrogen) atoms. The van der Waals surface area contributed by atoms with Crippen molar-refractivity contribution in [3.8, 4) is 0 Å². The van der Waals surface area contributed by atoms with Gasteiger partial charge in [-0.1, -0.05) is 18.2 Å². The highest BCUT2D eigenvalue weighted by Gasteiger charge is 2.15. The SMILES string of the molecule is CCn1c(=O)n(CC)c(=O)n(NC(=O)c2ccccc2)c1=O. The van der Waals surface area contributed by atoms with Crippen molar-refractivity contribution < 1.29 is 4.79 Å². The third-order valence-electron chi connectivity index (χ3n) is 3.19. The summed E-state index contributed by atoms with van der Waals surface area (Å²) in [7, 11) is 0. The molecule has 0 aliphatic rings. The second-order valence-corrected chi connectivity index (χ2v) is 4.48.